The Kier molecular flexibility index (Phi) is 4.29. The van der Waals surface area contributed by atoms with Crippen LogP contribution in [0.4, 0.5) is 0 Å². The van der Waals surface area contributed by atoms with Crippen molar-refractivity contribution in [2.45, 2.75) is 31.8 Å². The minimum atomic E-state index is 0.349. The van der Waals surface area contributed by atoms with Crippen molar-refractivity contribution < 1.29 is 0 Å². The van der Waals surface area contributed by atoms with E-state index in [4.69, 9.17) is 0 Å². The molecule has 0 heterocycles. The van der Waals surface area contributed by atoms with Crippen LogP contribution in [-0.2, 0) is 6.42 Å². The SMILES string of the molecule is C[C@@H](NC1CCc2c(Br)cccc21)c1cccc(Br)c1. The molecule has 1 nitrogen and oxygen atoms in total. The number of rotatable bonds is 3. The van der Waals surface area contributed by atoms with Crippen LogP contribution in [0.3, 0.4) is 0 Å². The molecule has 0 aliphatic heterocycles. The maximum atomic E-state index is 3.76. The van der Waals surface area contributed by atoms with Crippen LogP contribution in [0.25, 0.3) is 0 Å². The van der Waals surface area contributed by atoms with Gasteiger partial charge in [0.25, 0.3) is 0 Å². The van der Waals surface area contributed by atoms with Crippen molar-refractivity contribution in [3.05, 3.63) is 68.1 Å². The Bertz CT molecular complexity index is 624. The van der Waals surface area contributed by atoms with Crippen molar-refractivity contribution >= 4 is 31.9 Å². The van der Waals surface area contributed by atoms with Crippen molar-refractivity contribution in [1.82, 2.24) is 5.32 Å². The van der Waals surface area contributed by atoms with Gasteiger partial charge in [-0.05, 0) is 54.7 Å². The van der Waals surface area contributed by atoms with Crippen LogP contribution in [0.1, 0.15) is 42.1 Å². The Hall–Kier alpha value is -0.640. The molecule has 1 aliphatic rings. The predicted molar refractivity (Wildman–Crippen MR) is 90.9 cm³/mol. The summed E-state index contributed by atoms with van der Waals surface area (Å²) in [5.41, 5.74) is 4.23. The van der Waals surface area contributed by atoms with E-state index >= 15 is 0 Å². The molecule has 0 amide bonds. The second kappa shape index (κ2) is 6.00. The molecule has 0 aromatic heterocycles. The summed E-state index contributed by atoms with van der Waals surface area (Å²) >= 11 is 7.21. The molecule has 2 aromatic rings. The van der Waals surface area contributed by atoms with Crippen molar-refractivity contribution in [3.63, 3.8) is 0 Å². The predicted octanol–water partition coefficient (Wildman–Crippen LogP) is 5.55. The standard InChI is InChI=1S/C17H17Br2N/c1-11(12-4-2-5-13(18)10-12)20-17-9-8-14-15(17)6-3-7-16(14)19/h2-7,10-11,17,20H,8-9H2,1H3/t11-,17?/m1/s1. The largest absolute Gasteiger partial charge is 0.303 e. The summed E-state index contributed by atoms with van der Waals surface area (Å²) in [7, 11) is 0. The minimum absolute atomic E-state index is 0.349. The Labute approximate surface area is 137 Å². The fourth-order valence-corrected chi connectivity index (χ4v) is 3.95. The van der Waals surface area contributed by atoms with Gasteiger partial charge in [0, 0.05) is 21.0 Å². The number of benzene rings is 2. The lowest BCUT2D eigenvalue weighted by atomic mass is 10.0. The van der Waals surface area contributed by atoms with Gasteiger partial charge in [-0.3, -0.25) is 0 Å². The monoisotopic (exact) mass is 393 g/mol. The summed E-state index contributed by atoms with van der Waals surface area (Å²) in [6.45, 7) is 2.23. The maximum Gasteiger partial charge on any atom is 0.0331 e. The highest BCUT2D eigenvalue weighted by Crippen LogP contribution is 2.37. The van der Waals surface area contributed by atoms with Gasteiger partial charge in [-0.25, -0.2) is 0 Å². The van der Waals surface area contributed by atoms with E-state index in [9.17, 15) is 0 Å². The summed E-state index contributed by atoms with van der Waals surface area (Å²) in [6.07, 6.45) is 2.33. The van der Waals surface area contributed by atoms with Crippen LogP contribution in [0.2, 0.25) is 0 Å². The van der Waals surface area contributed by atoms with Crippen LogP contribution in [0.15, 0.2) is 51.4 Å². The average molecular weight is 395 g/mol. The van der Waals surface area contributed by atoms with Crippen molar-refractivity contribution in [1.29, 1.82) is 0 Å². The van der Waals surface area contributed by atoms with Crippen LogP contribution in [-0.4, -0.2) is 0 Å². The summed E-state index contributed by atoms with van der Waals surface area (Å²) < 4.78 is 2.38. The van der Waals surface area contributed by atoms with Gasteiger partial charge in [-0.2, -0.15) is 0 Å². The Morgan fingerprint density at radius 3 is 2.75 bits per heavy atom. The van der Waals surface area contributed by atoms with Gasteiger partial charge in [0.1, 0.15) is 0 Å². The molecule has 0 saturated heterocycles. The number of nitrogens with one attached hydrogen (secondary N) is 1. The number of fused-ring (bicyclic) bond motifs is 1. The van der Waals surface area contributed by atoms with E-state index < -0.39 is 0 Å². The van der Waals surface area contributed by atoms with E-state index in [2.05, 4.69) is 86.6 Å². The van der Waals surface area contributed by atoms with Gasteiger partial charge >= 0.3 is 0 Å². The van der Waals surface area contributed by atoms with Gasteiger partial charge in [0.2, 0.25) is 0 Å². The van der Waals surface area contributed by atoms with Gasteiger partial charge in [0.15, 0.2) is 0 Å². The molecular formula is C17H17Br2N. The maximum absolute atomic E-state index is 3.76. The van der Waals surface area contributed by atoms with E-state index in [0.717, 1.165) is 10.9 Å². The molecule has 2 aromatic carbocycles. The van der Waals surface area contributed by atoms with E-state index in [-0.39, 0.29) is 0 Å². The van der Waals surface area contributed by atoms with Crippen molar-refractivity contribution in [3.8, 4) is 0 Å². The molecule has 3 heteroatoms. The highest BCUT2D eigenvalue weighted by atomic mass is 79.9. The van der Waals surface area contributed by atoms with Crippen LogP contribution >= 0.6 is 31.9 Å². The first kappa shape index (κ1) is 14.3. The Morgan fingerprint density at radius 2 is 1.95 bits per heavy atom. The molecular weight excluding hydrogens is 378 g/mol. The molecule has 20 heavy (non-hydrogen) atoms. The molecule has 1 aliphatic carbocycles. The molecule has 0 spiro atoms. The Balaban J connectivity index is 1.79. The van der Waals surface area contributed by atoms with E-state index in [1.54, 1.807) is 0 Å². The van der Waals surface area contributed by atoms with Gasteiger partial charge in [-0.1, -0.05) is 56.1 Å². The van der Waals surface area contributed by atoms with Crippen LogP contribution in [0.5, 0.6) is 0 Å². The lowest BCUT2D eigenvalue weighted by Crippen LogP contribution is -2.23. The van der Waals surface area contributed by atoms with Crippen LogP contribution in [0, 0.1) is 0 Å². The summed E-state index contributed by atoms with van der Waals surface area (Å²) in [5, 5.41) is 3.76. The summed E-state index contributed by atoms with van der Waals surface area (Å²) in [4.78, 5) is 0. The summed E-state index contributed by atoms with van der Waals surface area (Å²) in [5.74, 6) is 0. The average Bonchev–Trinajstić information content (AvgIpc) is 2.83. The normalized spacial score (nSPS) is 18.9. The zero-order chi connectivity index (χ0) is 14.1. The van der Waals surface area contributed by atoms with E-state index in [0.29, 0.717) is 12.1 Å². The number of hydrogen-bond acceptors (Lipinski definition) is 1. The minimum Gasteiger partial charge on any atom is -0.303 e. The smallest absolute Gasteiger partial charge is 0.0331 e. The number of halogens is 2. The van der Waals surface area contributed by atoms with Crippen molar-refractivity contribution in [2.75, 3.05) is 0 Å². The van der Waals surface area contributed by atoms with E-state index in [1.165, 1.54) is 27.6 Å². The molecule has 3 rings (SSSR count). The lowest BCUT2D eigenvalue weighted by Gasteiger charge is -2.21. The van der Waals surface area contributed by atoms with Crippen LogP contribution < -0.4 is 5.32 Å². The van der Waals surface area contributed by atoms with Gasteiger partial charge < -0.3 is 5.32 Å². The first-order valence-electron chi connectivity index (χ1n) is 6.94. The zero-order valence-corrected chi connectivity index (χ0v) is 14.5. The fraction of sp³-hybridized carbons (Fsp3) is 0.294. The third-order valence-corrected chi connectivity index (χ3v) is 5.25. The highest BCUT2D eigenvalue weighted by Gasteiger charge is 2.25. The third-order valence-electron chi connectivity index (χ3n) is 4.01. The molecule has 0 radical (unpaired) electrons. The molecule has 0 saturated carbocycles. The highest BCUT2D eigenvalue weighted by molar-refractivity contribution is 9.10. The fourth-order valence-electron chi connectivity index (χ4n) is 2.96. The second-order valence-electron chi connectivity index (χ2n) is 5.34. The first-order chi connectivity index (χ1) is 9.65. The molecule has 104 valence electrons. The Morgan fingerprint density at radius 1 is 1.15 bits per heavy atom. The molecule has 0 bridgehead atoms. The molecule has 2 atom stereocenters. The lowest BCUT2D eigenvalue weighted by molar-refractivity contribution is 0.465. The second-order valence-corrected chi connectivity index (χ2v) is 7.11. The number of hydrogen-bond donors (Lipinski definition) is 1. The molecule has 1 unspecified atom stereocenters. The third kappa shape index (κ3) is 2.85. The quantitative estimate of drug-likeness (QED) is 0.719. The van der Waals surface area contributed by atoms with Gasteiger partial charge in [-0.15, -0.1) is 0 Å². The van der Waals surface area contributed by atoms with Crippen molar-refractivity contribution in [2.24, 2.45) is 0 Å². The summed E-state index contributed by atoms with van der Waals surface area (Å²) in [6, 6.07) is 15.9. The van der Waals surface area contributed by atoms with Gasteiger partial charge in [0.05, 0.1) is 0 Å². The zero-order valence-electron chi connectivity index (χ0n) is 11.4. The topological polar surface area (TPSA) is 12.0 Å². The first-order valence-corrected chi connectivity index (χ1v) is 8.52. The molecule has 1 N–H and O–H groups in total. The van der Waals surface area contributed by atoms with E-state index in [1.807, 2.05) is 0 Å². The molecule has 0 fully saturated rings.